The molecule has 0 saturated carbocycles. The quantitative estimate of drug-likeness (QED) is 0.336. The molecule has 1 N–H and O–H groups in total. The number of sulfonamides is 1. The molecule has 0 aliphatic heterocycles. The molecule has 0 spiro atoms. The van der Waals surface area contributed by atoms with Gasteiger partial charge in [0.2, 0.25) is 27.7 Å². The SMILES string of the molecule is COc1cccc(-c2nnc(NS(=O)(=O)C(C)C(C)c3ncc(Cl)cn3)n2C(C)c2nc(C)no2)n1. The first-order valence-corrected chi connectivity index (χ1v) is 12.8. The lowest BCUT2D eigenvalue weighted by molar-refractivity contribution is 0.344. The predicted octanol–water partition coefficient (Wildman–Crippen LogP) is 3.03. The van der Waals surface area contributed by atoms with E-state index < -0.39 is 27.2 Å². The number of aromatic nitrogens is 8. The Morgan fingerprint density at radius 2 is 1.83 bits per heavy atom. The Bertz CT molecular complexity index is 1460. The van der Waals surface area contributed by atoms with Gasteiger partial charge in [-0.2, -0.15) is 4.98 Å². The van der Waals surface area contributed by atoms with Crippen LogP contribution in [-0.2, 0) is 10.0 Å². The van der Waals surface area contributed by atoms with E-state index >= 15 is 0 Å². The van der Waals surface area contributed by atoms with Gasteiger partial charge in [-0.05, 0) is 26.8 Å². The fourth-order valence-corrected chi connectivity index (χ4v) is 4.74. The lowest BCUT2D eigenvalue weighted by atomic mass is 10.1. The smallest absolute Gasteiger partial charge is 0.249 e. The van der Waals surface area contributed by atoms with Crippen LogP contribution in [0.1, 0.15) is 50.3 Å². The van der Waals surface area contributed by atoms with E-state index in [0.717, 1.165) is 0 Å². The van der Waals surface area contributed by atoms with Gasteiger partial charge in [0, 0.05) is 24.4 Å². The monoisotopic (exact) mass is 533 g/mol. The zero-order valence-corrected chi connectivity index (χ0v) is 21.7. The van der Waals surface area contributed by atoms with Gasteiger partial charge in [-0.1, -0.05) is 29.7 Å². The van der Waals surface area contributed by atoms with Crippen LogP contribution in [0.4, 0.5) is 5.95 Å². The van der Waals surface area contributed by atoms with Crippen LogP contribution in [0.5, 0.6) is 5.88 Å². The molecule has 0 aliphatic rings. The number of pyridine rings is 1. The molecular formula is C21H24ClN9O4S. The van der Waals surface area contributed by atoms with Gasteiger partial charge in [-0.25, -0.2) is 23.4 Å². The normalized spacial score (nSPS) is 14.3. The van der Waals surface area contributed by atoms with Crippen molar-refractivity contribution >= 4 is 27.6 Å². The molecule has 0 fully saturated rings. The second kappa shape index (κ2) is 10.1. The predicted molar refractivity (Wildman–Crippen MR) is 130 cm³/mol. The highest BCUT2D eigenvalue weighted by Crippen LogP contribution is 2.30. The highest BCUT2D eigenvalue weighted by molar-refractivity contribution is 7.93. The first-order valence-electron chi connectivity index (χ1n) is 10.9. The van der Waals surface area contributed by atoms with E-state index in [1.807, 2.05) is 0 Å². The molecule has 36 heavy (non-hydrogen) atoms. The third-order valence-corrected chi connectivity index (χ3v) is 7.67. The molecular weight excluding hydrogens is 510 g/mol. The molecule has 0 amide bonds. The van der Waals surface area contributed by atoms with Crippen molar-refractivity contribution in [2.24, 2.45) is 0 Å². The summed E-state index contributed by atoms with van der Waals surface area (Å²) in [5, 5.41) is 11.6. The van der Waals surface area contributed by atoms with Crippen molar-refractivity contribution in [3.8, 4) is 17.4 Å². The summed E-state index contributed by atoms with van der Waals surface area (Å²) in [6, 6.07) is 4.49. The second-order valence-corrected chi connectivity index (χ2v) is 10.5. The molecule has 3 unspecified atom stereocenters. The van der Waals surface area contributed by atoms with Gasteiger partial charge in [0.1, 0.15) is 17.6 Å². The maximum Gasteiger partial charge on any atom is 0.249 e. The van der Waals surface area contributed by atoms with Gasteiger partial charge >= 0.3 is 0 Å². The first-order chi connectivity index (χ1) is 17.1. The van der Waals surface area contributed by atoms with Gasteiger partial charge < -0.3 is 9.26 Å². The molecule has 0 saturated heterocycles. The molecule has 190 valence electrons. The van der Waals surface area contributed by atoms with E-state index in [-0.39, 0.29) is 17.7 Å². The number of halogens is 1. The van der Waals surface area contributed by atoms with Crippen LogP contribution >= 0.6 is 11.6 Å². The minimum Gasteiger partial charge on any atom is -0.481 e. The van der Waals surface area contributed by atoms with E-state index in [0.29, 0.717) is 28.2 Å². The lowest BCUT2D eigenvalue weighted by Crippen LogP contribution is -2.32. The largest absolute Gasteiger partial charge is 0.481 e. The average Bonchev–Trinajstić information content (AvgIpc) is 3.49. The van der Waals surface area contributed by atoms with Crippen LogP contribution in [0.2, 0.25) is 5.02 Å². The molecule has 15 heteroatoms. The number of hydrogen-bond acceptors (Lipinski definition) is 11. The van der Waals surface area contributed by atoms with Crippen molar-refractivity contribution in [3.05, 3.63) is 53.2 Å². The standard InChI is InChI=1S/C21H24ClN9O4S/c1-11(18-23-9-15(22)10-24-18)13(3)36(32,33)30-21-28-27-19(16-7-6-8-17(26-16)34-5)31(21)12(2)20-25-14(4)29-35-20/h6-13H,1-5H3,(H,28,30). The molecule has 4 aromatic heterocycles. The first kappa shape index (κ1) is 25.4. The fraction of sp³-hybridized carbons (Fsp3) is 0.381. The molecule has 3 atom stereocenters. The average molecular weight is 534 g/mol. The summed E-state index contributed by atoms with van der Waals surface area (Å²) >= 11 is 5.86. The Hall–Kier alpha value is -3.65. The van der Waals surface area contributed by atoms with E-state index in [4.69, 9.17) is 20.9 Å². The summed E-state index contributed by atoms with van der Waals surface area (Å²) in [6.45, 7) is 6.71. The summed E-state index contributed by atoms with van der Waals surface area (Å²) in [5.41, 5.74) is 0.409. The molecule has 4 heterocycles. The zero-order valence-electron chi connectivity index (χ0n) is 20.1. The maximum atomic E-state index is 13.4. The number of nitrogens with zero attached hydrogens (tertiary/aromatic N) is 8. The molecule has 4 aromatic rings. The summed E-state index contributed by atoms with van der Waals surface area (Å²) in [5.74, 6) is 1.05. The minimum atomic E-state index is -3.98. The van der Waals surface area contributed by atoms with Crippen LogP contribution < -0.4 is 9.46 Å². The second-order valence-electron chi connectivity index (χ2n) is 8.04. The Kier molecular flexibility index (Phi) is 7.17. The van der Waals surface area contributed by atoms with Gasteiger partial charge in [-0.15, -0.1) is 10.2 Å². The number of aryl methyl sites for hydroxylation is 1. The zero-order chi connectivity index (χ0) is 26.0. The van der Waals surface area contributed by atoms with Crippen molar-refractivity contribution in [2.75, 3.05) is 11.8 Å². The van der Waals surface area contributed by atoms with E-state index in [1.54, 1.807) is 45.9 Å². The molecule has 0 radical (unpaired) electrons. The van der Waals surface area contributed by atoms with E-state index in [9.17, 15) is 8.42 Å². The van der Waals surface area contributed by atoms with Gasteiger partial charge in [-0.3, -0.25) is 9.29 Å². The number of hydrogen-bond donors (Lipinski definition) is 1. The summed E-state index contributed by atoms with van der Waals surface area (Å²) in [7, 11) is -2.49. The number of anilines is 1. The molecule has 4 rings (SSSR count). The van der Waals surface area contributed by atoms with Crippen molar-refractivity contribution in [1.82, 2.24) is 39.9 Å². The van der Waals surface area contributed by atoms with E-state index in [2.05, 4.69) is 40.0 Å². The Balaban J connectivity index is 1.73. The molecule has 0 bridgehead atoms. The van der Waals surface area contributed by atoms with Crippen molar-refractivity contribution in [1.29, 1.82) is 0 Å². The fourth-order valence-electron chi connectivity index (χ4n) is 3.41. The summed E-state index contributed by atoms with van der Waals surface area (Å²) in [6.07, 6.45) is 2.84. The van der Waals surface area contributed by atoms with Gasteiger partial charge in [0.25, 0.3) is 0 Å². The van der Waals surface area contributed by atoms with Crippen molar-refractivity contribution in [3.63, 3.8) is 0 Å². The number of rotatable bonds is 9. The van der Waals surface area contributed by atoms with Crippen molar-refractivity contribution in [2.45, 2.75) is 44.9 Å². The van der Waals surface area contributed by atoms with Gasteiger partial charge in [0.05, 0.1) is 17.4 Å². The van der Waals surface area contributed by atoms with Crippen LogP contribution in [0, 0.1) is 6.92 Å². The Morgan fingerprint density at radius 3 is 2.47 bits per heavy atom. The highest BCUT2D eigenvalue weighted by atomic mass is 35.5. The van der Waals surface area contributed by atoms with Crippen LogP contribution in [0.3, 0.4) is 0 Å². The van der Waals surface area contributed by atoms with Crippen LogP contribution in [0.15, 0.2) is 35.1 Å². The Labute approximate surface area is 212 Å². The number of methoxy groups -OCH3 is 1. The van der Waals surface area contributed by atoms with Crippen LogP contribution in [-0.4, -0.2) is 60.6 Å². The minimum absolute atomic E-state index is 0.0472. The summed E-state index contributed by atoms with van der Waals surface area (Å²) < 4.78 is 41.4. The number of nitrogens with one attached hydrogen (secondary N) is 1. The number of ether oxygens (including phenoxy) is 1. The maximum absolute atomic E-state index is 13.4. The third-order valence-electron chi connectivity index (χ3n) is 5.62. The lowest BCUT2D eigenvalue weighted by Gasteiger charge is -2.21. The third kappa shape index (κ3) is 5.14. The van der Waals surface area contributed by atoms with E-state index in [1.165, 1.54) is 24.1 Å². The molecule has 13 nitrogen and oxygen atoms in total. The van der Waals surface area contributed by atoms with Crippen molar-refractivity contribution < 1.29 is 17.7 Å². The topological polar surface area (TPSA) is 164 Å². The molecule has 0 aliphatic carbocycles. The summed E-state index contributed by atoms with van der Waals surface area (Å²) in [4.78, 5) is 17.0. The van der Waals surface area contributed by atoms with Gasteiger partial charge in [0.15, 0.2) is 11.6 Å². The highest BCUT2D eigenvalue weighted by Gasteiger charge is 2.33. The molecule has 0 aromatic carbocycles. The Morgan fingerprint density at radius 1 is 1.11 bits per heavy atom. The van der Waals surface area contributed by atoms with Crippen LogP contribution in [0.25, 0.3) is 11.5 Å².